The van der Waals surface area contributed by atoms with E-state index in [4.69, 9.17) is 20.9 Å². The van der Waals surface area contributed by atoms with Gasteiger partial charge in [-0.25, -0.2) is 9.78 Å². The van der Waals surface area contributed by atoms with Gasteiger partial charge in [-0.1, -0.05) is 48.0 Å². The first kappa shape index (κ1) is 30.8. The smallest absolute Gasteiger partial charge is 0.399 e. The number of likely N-dealkylation sites (tertiary alicyclic amines) is 1. The van der Waals surface area contributed by atoms with Crippen molar-refractivity contribution in [3.05, 3.63) is 94.5 Å². The number of hydrogen-bond donors (Lipinski definition) is 1. The first-order chi connectivity index (χ1) is 20.9. The van der Waals surface area contributed by atoms with Gasteiger partial charge in [-0.05, 0) is 106 Å². The molecule has 3 aliphatic heterocycles. The number of hydrogen-bond acceptors (Lipinski definition) is 5. The molecule has 2 saturated heterocycles. The summed E-state index contributed by atoms with van der Waals surface area (Å²) in [6.45, 7) is 11.7. The van der Waals surface area contributed by atoms with Crippen LogP contribution in [-0.4, -0.2) is 60.4 Å². The number of nitrogens with one attached hydrogen (secondary N) is 1. The number of urea groups is 1. The van der Waals surface area contributed by atoms with Crippen molar-refractivity contribution < 1.29 is 18.5 Å². The molecular formula is C34H39BClFN4O3. The largest absolute Gasteiger partial charge is 0.494 e. The number of halogens is 2. The summed E-state index contributed by atoms with van der Waals surface area (Å²) in [7, 11) is -0.482. The Bertz CT molecular complexity index is 1540. The quantitative estimate of drug-likeness (QED) is 0.274. The molecule has 3 aliphatic rings. The molecule has 2 amide bonds. The topological polar surface area (TPSA) is 66.9 Å². The number of piperidine rings is 1. The molecule has 0 aliphatic carbocycles. The predicted octanol–water partition coefficient (Wildman–Crippen LogP) is 5.95. The highest BCUT2D eigenvalue weighted by Crippen LogP contribution is 2.47. The minimum atomic E-state index is -0.563. The van der Waals surface area contributed by atoms with Crippen molar-refractivity contribution in [2.45, 2.75) is 63.7 Å². The third-order valence-electron chi connectivity index (χ3n) is 9.71. The molecule has 7 nitrogen and oxygen atoms in total. The molecule has 0 atom stereocenters. The van der Waals surface area contributed by atoms with E-state index >= 15 is 0 Å². The van der Waals surface area contributed by atoms with Crippen LogP contribution in [-0.2, 0) is 21.3 Å². The monoisotopic (exact) mass is 616 g/mol. The normalized spacial score (nSPS) is 20.4. The van der Waals surface area contributed by atoms with E-state index in [1.54, 1.807) is 6.07 Å². The van der Waals surface area contributed by atoms with Crippen LogP contribution >= 0.6 is 11.6 Å². The minimum Gasteiger partial charge on any atom is -0.399 e. The minimum absolute atomic E-state index is 0.189. The third-order valence-corrected chi connectivity index (χ3v) is 9.96. The van der Waals surface area contributed by atoms with Crippen LogP contribution in [0, 0.1) is 5.95 Å². The van der Waals surface area contributed by atoms with Crippen molar-refractivity contribution in [1.29, 1.82) is 0 Å². The molecule has 1 aromatic heterocycles. The second-order valence-electron chi connectivity index (χ2n) is 13.1. The van der Waals surface area contributed by atoms with Crippen molar-refractivity contribution in [1.82, 2.24) is 15.2 Å². The Hall–Kier alpha value is -3.24. The Morgan fingerprint density at radius 3 is 2.43 bits per heavy atom. The summed E-state index contributed by atoms with van der Waals surface area (Å²) in [6.07, 6.45) is 7.57. The highest BCUT2D eigenvalue weighted by atomic mass is 35.5. The highest BCUT2D eigenvalue weighted by Gasteiger charge is 2.53. The zero-order chi connectivity index (χ0) is 31.1. The fourth-order valence-electron chi connectivity index (χ4n) is 6.32. The van der Waals surface area contributed by atoms with Crippen LogP contribution in [0.5, 0.6) is 0 Å². The van der Waals surface area contributed by atoms with Gasteiger partial charge in [0.2, 0.25) is 5.95 Å². The van der Waals surface area contributed by atoms with Crippen molar-refractivity contribution in [3.8, 4) is 0 Å². The van der Waals surface area contributed by atoms with Crippen LogP contribution < -0.4 is 15.7 Å². The maximum Gasteiger partial charge on any atom is 0.494 e. The second kappa shape index (κ2) is 11.9. The molecule has 1 spiro atoms. The predicted molar refractivity (Wildman–Crippen MR) is 174 cm³/mol. The van der Waals surface area contributed by atoms with Crippen molar-refractivity contribution in [3.63, 3.8) is 0 Å². The summed E-state index contributed by atoms with van der Waals surface area (Å²) in [6, 6.07) is 16.9. The summed E-state index contributed by atoms with van der Waals surface area (Å²) in [5.41, 5.74) is 3.73. The fourth-order valence-corrected chi connectivity index (χ4v) is 6.45. The van der Waals surface area contributed by atoms with Gasteiger partial charge in [0.25, 0.3) is 0 Å². The molecule has 0 radical (unpaired) electrons. The van der Waals surface area contributed by atoms with Gasteiger partial charge in [0.15, 0.2) is 0 Å². The van der Waals surface area contributed by atoms with Gasteiger partial charge >= 0.3 is 13.1 Å². The lowest BCUT2D eigenvalue weighted by Gasteiger charge is -2.39. The number of anilines is 1. The van der Waals surface area contributed by atoms with Crippen LogP contribution in [0.1, 0.15) is 57.2 Å². The van der Waals surface area contributed by atoms with Gasteiger partial charge in [-0.15, -0.1) is 0 Å². The summed E-state index contributed by atoms with van der Waals surface area (Å²) < 4.78 is 26.4. The summed E-state index contributed by atoms with van der Waals surface area (Å²) in [5, 5.41) is 3.73. The third kappa shape index (κ3) is 6.16. The van der Waals surface area contributed by atoms with Gasteiger partial charge in [0.1, 0.15) is 0 Å². The molecule has 44 heavy (non-hydrogen) atoms. The molecular weight excluding hydrogens is 578 g/mol. The molecule has 4 heterocycles. The molecule has 230 valence electrons. The van der Waals surface area contributed by atoms with Gasteiger partial charge in [0.05, 0.1) is 11.2 Å². The molecule has 2 aromatic carbocycles. The lowest BCUT2D eigenvalue weighted by atomic mass is 9.70. The van der Waals surface area contributed by atoms with Gasteiger partial charge in [-0.2, -0.15) is 4.39 Å². The lowest BCUT2D eigenvalue weighted by molar-refractivity contribution is 0.00578. The number of benzene rings is 2. The molecule has 10 heteroatoms. The van der Waals surface area contributed by atoms with E-state index in [1.165, 1.54) is 12.3 Å². The van der Waals surface area contributed by atoms with Gasteiger partial charge < -0.3 is 14.6 Å². The van der Waals surface area contributed by atoms with Crippen LogP contribution in [0.4, 0.5) is 14.9 Å². The van der Waals surface area contributed by atoms with Crippen molar-refractivity contribution in [2.75, 3.05) is 31.1 Å². The van der Waals surface area contributed by atoms with E-state index in [9.17, 15) is 9.18 Å². The SMILES string of the molecule is CC1(C)OB(c2ccc3c(c2)C2(CCN(C/C=C/c4ccc(Cl)cc4)CC2)CN3C(=O)NCc2ccnc(F)c2)OC1(C)C. The van der Waals surface area contributed by atoms with Gasteiger partial charge in [-0.3, -0.25) is 9.80 Å². The van der Waals surface area contributed by atoms with Crippen LogP contribution in [0.25, 0.3) is 6.08 Å². The lowest BCUT2D eigenvalue weighted by Crippen LogP contribution is -2.47. The van der Waals surface area contributed by atoms with E-state index < -0.39 is 24.3 Å². The molecule has 0 saturated carbocycles. The number of fused-ring (bicyclic) bond motifs is 2. The molecule has 1 N–H and O–H groups in total. The number of rotatable bonds is 6. The van der Waals surface area contributed by atoms with Crippen molar-refractivity contribution in [2.24, 2.45) is 0 Å². The molecule has 0 unspecified atom stereocenters. The average Bonchev–Trinajstić information content (AvgIpc) is 3.42. The molecule has 6 rings (SSSR count). The molecule has 2 fully saturated rings. The van der Waals surface area contributed by atoms with E-state index in [0.29, 0.717) is 12.1 Å². The number of amides is 2. The summed E-state index contributed by atoms with van der Waals surface area (Å²) in [5.74, 6) is -0.563. The maximum atomic E-state index is 13.6. The van der Waals surface area contributed by atoms with E-state index in [2.05, 4.69) is 61.1 Å². The highest BCUT2D eigenvalue weighted by molar-refractivity contribution is 6.62. The van der Waals surface area contributed by atoms with Crippen LogP contribution in [0.3, 0.4) is 0 Å². The van der Waals surface area contributed by atoms with Crippen LogP contribution in [0.15, 0.2) is 66.9 Å². The Kier molecular flexibility index (Phi) is 8.35. The van der Waals surface area contributed by atoms with Crippen LogP contribution in [0.2, 0.25) is 5.02 Å². The zero-order valence-corrected chi connectivity index (χ0v) is 26.5. The molecule has 3 aromatic rings. The fraction of sp³-hybridized carbons (Fsp3) is 0.412. The van der Waals surface area contributed by atoms with Gasteiger partial charge in [0, 0.05) is 42.0 Å². The van der Waals surface area contributed by atoms with E-state index in [1.807, 2.05) is 41.3 Å². The standard InChI is InChI=1S/C34H39BClFN4O3/c1-32(2)33(3,4)44-35(43-32)26-9-12-29-28(21-26)34(23-41(29)31(42)39-22-25-13-16-38-30(37)20-25)14-18-40(19-15-34)17-5-6-24-7-10-27(36)11-8-24/h5-13,16,20-21H,14-15,17-19,22-23H2,1-4H3,(H,39,42)/b6-5+. The number of nitrogens with zero attached hydrogens (tertiary/aromatic N) is 3. The Labute approximate surface area is 264 Å². The number of carbonyl (C=O) groups excluding carboxylic acids is 1. The summed E-state index contributed by atoms with van der Waals surface area (Å²) in [4.78, 5) is 21.5. The average molecular weight is 617 g/mol. The first-order valence-electron chi connectivity index (χ1n) is 15.3. The van der Waals surface area contributed by atoms with Crippen molar-refractivity contribution >= 4 is 42.0 Å². The van der Waals surface area contributed by atoms with E-state index in [-0.39, 0.29) is 18.0 Å². The molecule has 0 bridgehead atoms. The van der Waals surface area contributed by atoms with E-state index in [0.717, 1.165) is 59.8 Å². The second-order valence-corrected chi connectivity index (χ2v) is 13.6. The Balaban J connectivity index is 1.21. The first-order valence-corrected chi connectivity index (χ1v) is 15.6. The Morgan fingerprint density at radius 2 is 1.75 bits per heavy atom. The summed E-state index contributed by atoms with van der Waals surface area (Å²) >= 11 is 6.02. The number of carbonyl (C=O) groups is 1. The number of aromatic nitrogens is 1. The Morgan fingerprint density at radius 1 is 1.05 bits per heavy atom. The number of pyridine rings is 1. The maximum absolute atomic E-state index is 13.6. The zero-order valence-electron chi connectivity index (χ0n) is 25.8.